The number of rotatable bonds is 5. The molecule has 0 aromatic carbocycles. The van der Waals surface area contributed by atoms with Crippen LogP contribution in [0.15, 0.2) is 0 Å². The van der Waals surface area contributed by atoms with Crippen LogP contribution in [0, 0.1) is 0 Å². The Hall–Kier alpha value is -1.43. The molecule has 3 N–H and O–H groups in total. The number of hydrogen-bond acceptors (Lipinski definition) is 4. The van der Waals surface area contributed by atoms with Crippen LogP contribution in [0.4, 0.5) is 0 Å². The highest BCUT2D eigenvalue weighted by molar-refractivity contribution is 5.90. The molecule has 0 aliphatic carbocycles. The number of aliphatic hydroxyl groups excluding tert-OH is 1. The summed E-state index contributed by atoms with van der Waals surface area (Å²) in [6.45, 7) is 5.34. The SMILES string of the molecule is CCCc1nc(C(=O)NC(C)(C)CO)n[nH]1. The minimum Gasteiger partial charge on any atom is -0.394 e. The van der Waals surface area contributed by atoms with E-state index in [0.29, 0.717) is 5.82 Å². The number of aromatic amines is 1. The summed E-state index contributed by atoms with van der Waals surface area (Å²) in [6.07, 6.45) is 1.71. The maximum absolute atomic E-state index is 11.7. The van der Waals surface area contributed by atoms with Crippen LogP contribution in [0.1, 0.15) is 43.6 Å². The van der Waals surface area contributed by atoms with E-state index in [-0.39, 0.29) is 18.3 Å². The Morgan fingerprint density at radius 2 is 2.25 bits per heavy atom. The van der Waals surface area contributed by atoms with Crippen molar-refractivity contribution in [1.29, 1.82) is 0 Å². The van der Waals surface area contributed by atoms with Crippen molar-refractivity contribution in [2.45, 2.75) is 39.2 Å². The molecule has 0 atom stereocenters. The highest BCUT2D eigenvalue weighted by Gasteiger charge is 2.22. The van der Waals surface area contributed by atoms with Crippen molar-refractivity contribution in [3.8, 4) is 0 Å². The number of aliphatic hydroxyl groups is 1. The summed E-state index contributed by atoms with van der Waals surface area (Å²) in [6, 6.07) is 0. The van der Waals surface area contributed by atoms with Gasteiger partial charge in [-0.1, -0.05) is 6.92 Å². The summed E-state index contributed by atoms with van der Waals surface area (Å²) in [5.74, 6) is 0.442. The maximum Gasteiger partial charge on any atom is 0.291 e. The molecule has 0 bridgehead atoms. The lowest BCUT2D eigenvalue weighted by Gasteiger charge is -2.22. The first-order chi connectivity index (χ1) is 7.48. The molecular weight excluding hydrogens is 208 g/mol. The van der Waals surface area contributed by atoms with Gasteiger partial charge in [-0.2, -0.15) is 0 Å². The molecule has 6 heteroatoms. The third kappa shape index (κ3) is 3.30. The Morgan fingerprint density at radius 3 is 2.81 bits per heavy atom. The van der Waals surface area contributed by atoms with Crippen molar-refractivity contribution >= 4 is 5.91 Å². The molecule has 0 unspecified atom stereocenters. The van der Waals surface area contributed by atoms with Gasteiger partial charge in [0.05, 0.1) is 12.1 Å². The lowest BCUT2D eigenvalue weighted by Crippen LogP contribution is -2.46. The molecule has 1 aromatic heterocycles. The summed E-state index contributed by atoms with van der Waals surface area (Å²) in [5.41, 5.74) is -0.664. The van der Waals surface area contributed by atoms with E-state index in [9.17, 15) is 4.79 Å². The maximum atomic E-state index is 11.7. The number of amides is 1. The summed E-state index contributed by atoms with van der Waals surface area (Å²) in [5, 5.41) is 18.2. The van der Waals surface area contributed by atoms with E-state index in [1.807, 2.05) is 6.92 Å². The van der Waals surface area contributed by atoms with Gasteiger partial charge < -0.3 is 10.4 Å². The van der Waals surface area contributed by atoms with E-state index in [2.05, 4.69) is 20.5 Å². The zero-order valence-corrected chi connectivity index (χ0v) is 9.87. The van der Waals surface area contributed by atoms with Gasteiger partial charge in [-0.25, -0.2) is 4.98 Å². The molecule has 0 aliphatic heterocycles. The van der Waals surface area contributed by atoms with Crippen LogP contribution in [0.2, 0.25) is 0 Å². The van der Waals surface area contributed by atoms with Crippen molar-refractivity contribution in [1.82, 2.24) is 20.5 Å². The third-order valence-corrected chi connectivity index (χ3v) is 2.07. The van der Waals surface area contributed by atoms with Gasteiger partial charge in [-0.05, 0) is 20.3 Å². The lowest BCUT2D eigenvalue weighted by molar-refractivity contribution is 0.0859. The summed E-state index contributed by atoms with van der Waals surface area (Å²) < 4.78 is 0. The van der Waals surface area contributed by atoms with E-state index in [0.717, 1.165) is 12.8 Å². The topological polar surface area (TPSA) is 90.9 Å². The van der Waals surface area contributed by atoms with Crippen molar-refractivity contribution < 1.29 is 9.90 Å². The Balaban J connectivity index is 2.66. The van der Waals surface area contributed by atoms with Crippen LogP contribution in [-0.2, 0) is 6.42 Å². The molecule has 0 saturated heterocycles. The van der Waals surface area contributed by atoms with E-state index in [1.54, 1.807) is 13.8 Å². The number of nitrogens with zero attached hydrogens (tertiary/aromatic N) is 2. The second-order valence-corrected chi connectivity index (χ2v) is 4.35. The van der Waals surface area contributed by atoms with Crippen LogP contribution < -0.4 is 5.32 Å². The van der Waals surface area contributed by atoms with Crippen LogP contribution in [-0.4, -0.2) is 38.3 Å². The smallest absolute Gasteiger partial charge is 0.291 e. The Morgan fingerprint density at radius 1 is 1.56 bits per heavy atom. The van der Waals surface area contributed by atoms with E-state index in [4.69, 9.17) is 5.11 Å². The fourth-order valence-corrected chi connectivity index (χ4v) is 1.15. The normalized spacial score (nSPS) is 11.5. The number of hydrogen-bond donors (Lipinski definition) is 3. The number of H-pyrrole nitrogens is 1. The molecule has 0 radical (unpaired) electrons. The summed E-state index contributed by atoms with van der Waals surface area (Å²) in [4.78, 5) is 15.7. The Kier molecular flexibility index (Phi) is 4.00. The van der Waals surface area contributed by atoms with Gasteiger partial charge >= 0.3 is 0 Å². The van der Waals surface area contributed by atoms with E-state index in [1.165, 1.54) is 0 Å². The molecule has 6 nitrogen and oxygen atoms in total. The van der Waals surface area contributed by atoms with Gasteiger partial charge in [-0.15, -0.1) is 5.10 Å². The van der Waals surface area contributed by atoms with Crippen molar-refractivity contribution in [3.05, 3.63) is 11.6 Å². The first kappa shape index (κ1) is 12.6. The zero-order chi connectivity index (χ0) is 12.2. The molecule has 1 heterocycles. The molecule has 90 valence electrons. The van der Waals surface area contributed by atoms with Crippen molar-refractivity contribution in [2.24, 2.45) is 0 Å². The fourth-order valence-electron chi connectivity index (χ4n) is 1.15. The van der Waals surface area contributed by atoms with E-state index < -0.39 is 5.54 Å². The van der Waals surface area contributed by atoms with Crippen LogP contribution in [0.5, 0.6) is 0 Å². The second-order valence-electron chi connectivity index (χ2n) is 4.35. The zero-order valence-electron chi connectivity index (χ0n) is 9.87. The number of carbonyl (C=O) groups excluding carboxylic acids is 1. The molecule has 0 spiro atoms. The Labute approximate surface area is 94.5 Å². The molecule has 0 aliphatic rings. The second kappa shape index (κ2) is 5.07. The molecular formula is C10H18N4O2. The average Bonchev–Trinajstić information content (AvgIpc) is 2.66. The highest BCUT2D eigenvalue weighted by Crippen LogP contribution is 2.02. The van der Waals surface area contributed by atoms with Crippen molar-refractivity contribution in [3.63, 3.8) is 0 Å². The number of carbonyl (C=O) groups is 1. The molecule has 0 saturated carbocycles. The van der Waals surface area contributed by atoms with E-state index >= 15 is 0 Å². The minimum absolute atomic E-state index is 0.116. The Bertz CT molecular complexity index is 359. The van der Waals surface area contributed by atoms with Crippen LogP contribution in [0.3, 0.4) is 0 Å². The predicted octanol–water partition coefficient (Wildman–Crippen LogP) is 0.258. The van der Waals surface area contributed by atoms with Gasteiger partial charge in [0, 0.05) is 6.42 Å². The largest absolute Gasteiger partial charge is 0.394 e. The molecule has 1 aromatic rings. The minimum atomic E-state index is -0.664. The summed E-state index contributed by atoms with van der Waals surface area (Å²) in [7, 11) is 0. The molecule has 0 fully saturated rings. The number of aromatic nitrogens is 3. The lowest BCUT2D eigenvalue weighted by atomic mass is 10.1. The quantitative estimate of drug-likeness (QED) is 0.671. The predicted molar refractivity (Wildman–Crippen MR) is 59.0 cm³/mol. The van der Waals surface area contributed by atoms with Gasteiger partial charge in [0.15, 0.2) is 0 Å². The highest BCUT2D eigenvalue weighted by atomic mass is 16.3. The van der Waals surface area contributed by atoms with Gasteiger partial charge in [-0.3, -0.25) is 9.89 Å². The van der Waals surface area contributed by atoms with Crippen LogP contribution in [0.25, 0.3) is 0 Å². The van der Waals surface area contributed by atoms with Gasteiger partial charge in [0.1, 0.15) is 5.82 Å². The number of nitrogens with one attached hydrogen (secondary N) is 2. The number of aryl methyl sites for hydroxylation is 1. The van der Waals surface area contributed by atoms with Crippen molar-refractivity contribution in [2.75, 3.05) is 6.61 Å². The van der Waals surface area contributed by atoms with Gasteiger partial charge in [0.2, 0.25) is 5.82 Å². The third-order valence-electron chi connectivity index (χ3n) is 2.07. The first-order valence-corrected chi connectivity index (χ1v) is 5.33. The molecule has 1 amide bonds. The summed E-state index contributed by atoms with van der Waals surface area (Å²) >= 11 is 0. The molecule has 16 heavy (non-hydrogen) atoms. The average molecular weight is 226 g/mol. The standard InChI is InChI=1S/C10H18N4O2/c1-4-5-7-11-8(14-13-7)9(16)12-10(2,3)6-15/h15H,4-6H2,1-3H3,(H,12,16)(H,11,13,14). The fraction of sp³-hybridized carbons (Fsp3) is 0.700. The van der Waals surface area contributed by atoms with Crippen LogP contribution >= 0.6 is 0 Å². The monoisotopic (exact) mass is 226 g/mol. The first-order valence-electron chi connectivity index (χ1n) is 5.33. The molecule has 1 rings (SSSR count). The van der Waals surface area contributed by atoms with Gasteiger partial charge in [0.25, 0.3) is 5.91 Å².